The molecule has 5 nitrogen and oxygen atoms in total. The summed E-state index contributed by atoms with van der Waals surface area (Å²) in [6.07, 6.45) is 1.56. The van der Waals surface area contributed by atoms with Crippen molar-refractivity contribution in [3.63, 3.8) is 0 Å². The van der Waals surface area contributed by atoms with Crippen molar-refractivity contribution in [1.29, 1.82) is 0 Å². The highest BCUT2D eigenvalue weighted by Crippen LogP contribution is 2.23. The third kappa shape index (κ3) is 5.75. The summed E-state index contributed by atoms with van der Waals surface area (Å²) >= 11 is 6.16. The van der Waals surface area contributed by atoms with Gasteiger partial charge in [-0.2, -0.15) is 0 Å². The van der Waals surface area contributed by atoms with Crippen LogP contribution in [0.4, 0.5) is 14.5 Å². The van der Waals surface area contributed by atoms with Gasteiger partial charge in [0.15, 0.2) is 0 Å². The Morgan fingerprint density at radius 2 is 1.64 bits per heavy atom. The van der Waals surface area contributed by atoms with Crippen LogP contribution >= 0.6 is 11.6 Å². The zero-order valence-electron chi connectivity index (χ0n) is 17.7. The van der Waals surface area contributed by atoms with Gasteiger partial charge in [0, 0.05) is 16.9 Å². The van der Waals surface area contributed by atoms with E-state index in [-0.39, 0.29) is 29.7 Å². The van der Waals surface area contributed by atoms with E-state index in [1.165, 1.54) is 24.3 Å². The number of aromatic nitrogens is 2. The van der Waals surface area contributed by atoms with E-state index in [4.69, 9.17) is 16.3 Å². The summed E-state index contributed by atoms with van der Waals surface area (Å²) in [7, 11) is 0. The first-order valence-electron chi connectivity index (χ1n) is 10.1. The molecule has 8 heteroatoms. The number of amides is 1. The highest BCUT2D eigenvalue weighted by atomic mass is 35.5. The topological polar surface area (TPSA) is 56.2 Å². The highest BCUT2D eigenvalue weighted by molar-refractivity contribution is 6.31. The number of hydrogen-bond donors (Lipinski definition) is 1. The number of carbonyl (C=O) groups is 1. The predicted molar refractivity (Wildman–Crippen MR) is 123 cm³/mol. The van der Waals surface area contributed by atoms with E-state index in [1.807, 2.05) is 13.0 Å². The molecule has 3 aromatic carbocycles. The average Bonchev–Trinajstić information content (AvgIpc) is 3.20. The van der Waals surface area contributed by atoms with Crippen LogP contribution < -0.4 is 10.1 Å². The number of nitrogens with zero attached hydrogens (tertiary/aromatic N) is 2. The molecule has 0 aliphatic carbocycles. The van der Waals surface area contributed by atoms with Gasteiger partial charge in [-0.3, -0.25) is 9.48 Å². The van der Waals surface area contributed by atoms with Gasteiger partial charge in [0.1, 0.15) is 23.8 Å². The lowest BCUT2D eigenvalue weighted by molar-refractivity contribution is 0.102. The summed E-state index contributed by atoms with van der Waals surface area (Å²) in [6, 6.07) is 17.1. The fourth-order valence-electron chi connectivity index (χ4n) is 3.13. The summed E-state index contributed by atoms with van der Waals surface area (Å²) < 4.78 is 33.7. The van der Waals surface area contributed by atoms with Crippen molar-refractivity contribution in [2.45, 2.75) is 20.1 Å². The molecule has 4 aromatic rings. The molecule has 168 valence electrons. The Kier molecular flexibility index (Phi) is 6.70. The van der Waals surface area contributed by atoms with Crippen LogP contribution in [0.3, 0.4) is 0 Å². The molecule has 0 atom stereocenters. The molecule has 0 radical (unpaired) electrons. The van der Waals surface area contributed by atoms with Crippen molar-refractivity contribution in [2.24, 2.45) is 0 Å². The molecule has 0 spiro atoms. The summed E-state index contributed by atoms with van der Waals surface area (Å²) in [5.41, 5.74) is 3.18. The van der Waals surface area contributed by atoms with E-state index in [0.29, 0.717) is 17.3 Å². The molecule has 33 heavy (non-hydrogen) atoms. The number of carbonyl (C=O) groups excluding carboxylic acids is 1. The van der Waals surface area contributed by atoms with Crippen LogP contribution in [0.15, 0.2) is 72.9 Å². The number of ether oxygens (including phenoxy) is 1. The zero-order valence-corrected chi connectivity index (χ0v) is 18.4. The van der Waals surface area contributed by atoms with Crippen LogP contribution in [0, 0.1) is 18.6 Å². The maximum Gasteiger partial charge on any atom is 0.262 e. The fraction of sp³-hybridized carbons (Fsp3) is 0.120. The van der Waals surface area contributed by atoms with Crippen molar-refractivity contribution in [1.82, 2.24) is 9.78 Å². The molecular formula is C25H20ClF2N3O2. The highest BCUT2D eigenvalue weighted by Gasteiger charge is 2.19. The van der Waals surface area contributed by atoms with Crippen LogP contribution in [-0.4, -0.2) is 15.7 Å². The lowest BCUT2D eigenvalue weighted by Crippen LogP contribution is -2.13. The molecule has 0 aliphatic rings. The standard InChI is InChI=1S/C25H20ClF2N3O2/c1-16-2-11-21(12-23(16)26)29-24(32)22-14-31(13-17-3-7-19(27)8-4-17)30-25(22)33-15-18-5-9-20(28)10-6-18/h2-12,14H,13,15H2,1H3,(H,29,32). The van der Waals surface area contributed by atoms with E-state index in [1.54, 1.807) is 47.3 Å². The minimum absolute atomic E-state index is 0.102. The Labute approximate surface area is 194 Å². The molecule has 0 saturated heterocycles. The van der Waals surface area contributed by atoms with Crippen LogP contribution in [0.25, 0.3) is 0 Å². The second kappa shape index (κ2) is 9.83. The summed E-state index contributed by atoms with van der Waals surface area (Å²) in [4.78, 5) is 13.0. The summed E-state index contributed by atoms with van der Waals surface area (Å²) in [5.74, 6) is -0.981. The molecule has 1 aromatic heterocycles. The second-order valence-electron chi connectivity index (χ2n) is 7.51. The minimum atomic E-state index is -0.422. The van der Waals surface area contributed by atoms with Gasteiger partial charge in [-0.05, 0) is 60.0 Å². The molecule has 0 bridgehead atoms. The maximum absolute atomic E-state index is 13.2. The molecule has 0 saturated carbocycles. The van der Waals surface area contributed by atoms with Crippen LogP contribution in [-0.2, 0) is 13.2 Å². The van der Waals surface area contributed by atoms with Crippen molar-refractivity contribution in [3.05, 3.63) is 112 Å². The van der Waals surface area contributed by atoms with Gasteiger partial charge < -0.3 is 10.1 Å². The van der Waals surface area contributed by atoms with Gasteiger partial charge in [-0.15, -0.1) is 5.10 Å². The Morgan fingerprint density at radius 1 is 1.00 bits per heavy atom. The van der Waals surface area contributed by atoms with Gasteiger partial charge in [-0.1, -0.05) is 41.9 Å². The summed E-state index contributed by atoms with van der Waals surface area (Å²) in [6.45, 7) is 2.29. The largest absolute Gasteiger partial charge is 0.471 e. The van der Waals surface area contributed by atoms with Gasteiger partial charge >= 0.3 is 0 Å². The molecule has 0 aliphatic heterocycles. The van der Waals surface area contributed by atoms with Gasteiger partial charge in [0.25, 0.3) is 5.91 Å². The first-order chi connectivity index (χ1) is 15.9. The van der Waals surface area contributed by atoms with E-state index >= 15 is 0 Å². The van der Waals surface area contributed by atoms with E-state index in [9.17, 15) is 13.6 Å². The average molecular weight is 468 g/mol. The quantitative estimate of drug-likeness (QED) is 0.362. The van der Waals surface area contributed by atoms with Gasteiger partial charge in [-0.25, -0.2) is 8.78 Å². The van der Waals surface area contributed by atoms with Crippen molar-refractivity contribution >= 4 is 23.2 Å². The molecule has 0 fully saturated rings. The van der Waals surface area contributed by atoms with Gasteiger partial charge in [0.2, 0.25) is 5.88 Å². The first-order valence-corrected chi connectivity index (χ1v) is 10.5. The van der Waals surface area contributed by atoms with Crippen molar-refractivity contribution in [2.75, 3.05) is 5.32 Å². The Balaban J connectivity index is 1.58. The maximum atomic E-state index is 13.2. The van der Waals surface area contributed by atoms with Gasteiger partial charge in [0.05, 0.1) is 6.54 Å². The van der Waals surface area contributed by atoms with Crippen LogP contribution in [0.2, 0.25) is 5.02 Å². The molecule has 1 N–H and O–H groups in total. The monoisotopic (exact) mass is 467 g/mol. The second-order valence-corrected chi connectivity index (χ2v) is 7.91. The predicted octanol–water partition coefficient (Wildman–Crippen LogP) is 6.00. The number of halogens is 3. The van der Waals surface area contributed by atoms with Crippen LogP contribution in [0.5, 0.6) is 5.88 Å². The Morgan fingerprint density at radius 3 is 2.27 bits per heavy atom. The van der Waals surface area contributed by atoms with Crippen molar-refractivity contribution < 1.29 is 18.3 Å². The fourth-order valence-corrected chi connectivity index (χ4v) is 3.31. The first kappa shape index (κ1) is 22.5. The third-order valence-electron chi connectivity index (χ3n) is 4.95. The number of anilines is 1. The Hall–Kier alpha value is -3.71. The molecular weight excluding hydrogens is 448 g/mol. The number of aryl methyl sites for hydroxylation is 1. The van der Waals surface area contributed by atoms with E-state index < -0.39 is 5.91 Å². The molecule has 4 rings (SSSR count). The Bertz CT molecular complexity index is 1270. The lowest BCUT2D eigenvalue weighted by atomic mass is 10.2. The normalized spacial score (nSPS) is 10.8. The molecule has 0 unspecified atom stereocenters. The smallest absolute Gasteiger partial charge is 0.262 e. The zero-order chi connectivity index (χ0) is 23.4. The van der Waals surface area contributed by atoms with E-state index in [2.05, 4.69) is 10.4 Å². The molecule has 1 heterocycles. The number of rotatable bonds is 7. The number of hydrogen-bond acceptors (Lipinski definition) is 3. The van der Waals surface area contributed by atoms with E-state index in [0.717, 1.165) is 16.7 Å². The van der Waals surface area contributed by atoms with Crippen LogP contribution in [0.1, 0.15) is 27.0 Å². The summed E-state index contributed by atoms with van der Waals surface area (Å²) in [5, 5.41) is 7.73. The number of nitrogens with one attached hydrogen (secondary N) is 1. The third-order valence-corrected chi connectivity index (χ3v) is 5.36. The minimum Gasteiger partial charge on any atom is -0.471 e. The SMILES string of the molecule is Cc1ccc(NC(=O)c2cn(Cc3ccc(F)cc3)nc2OCc2ccc(F)cc2)cc1Cl. The lowest BCUT2D eigenvalue weighted by Gasteiger charge is -2.08. The molecule has 1 amide bonds. The van der Waals surface area contributed by atoms with Crippen molar-refractivity contribution in [3.8, 4) is 5.88 Å². The number of benzene rings is 3.